The summed E-state index contributed by atoms with van der Waals surface area (Å²) >= 11 is 0. The van der Waals surface area contributed by atoms with E-state index in [0.29, 0.717) is 11.3 Å². The highest BCUT2D eigenvalue weighted by atomic mass is 16.5. The average molecular weight is 308 g/mol. The number of phenols is 1. The number of carbonyl (C=O) groups excluding carboxylic acids is 2. The number of ether oxygens (including phenoxy) is 1. The maximum atomic E-state index is 12.1. The molecule has 4 nitrogen and oxygen atoms in total. The molecule has 116 valence electrons. The lowest BCUT2D eigenvalue weighted by atomic mass is 10.0. The molecule has 0 aliphatic heterocycles. The summed E-state index contributed by atoms with van der Waals surface area (Å²) in [6.45, 7) is 0. The molecule has 0 aliphatic rings. The van der Waals surface area contributed by atoms with Crippen LogP contribution in [0.4, 0.5) is 0 Å². The van der Waals surface area contributed by atoms with Crippen LogP contribution in [-0.4, -0.2) is 23.9 Å². The van der Waals surface area contributed by atoms with Gasteiger partial charge in [0.1, 0.15) is 5.94 Å². The molecule has 0 spiro atoms. The molecule has 0 amide bonds. The number of allylic oxidation sites excluding steroid dienone is 2. The fraction of sp³-hybridized carbons (Fsp3) is 0.105. The Morgan fingerprint density at radius 2 is 1.96 bits per heavy atom. The van der Waals surface area contributed by atoms with Gasteiger partial charge in [0.05, 0.1) is 12.7 Å². The van der Waals surface area contributed by atoms with Crippen LogP contribution in [0.1, 0.15) is 11.1 Å². The van der Waals surface area contributed by atoms with Crippen LogP contribution >= 0.6 is 0 Å². The molecule has 2 aromatic rings. The van der Waals surface area contributed by atoms with Gasteiger partial charge in [-0.2, -0.15) is 0 Å². The third-order valence-corrected chi connectivity index (χ3v) is 3.28. The molecular weight excluding hydrogens is 292 g/mol. The minimum atomic E-state index is -0.393. The van der Waals surface area contributed by atoms with Crippen molar-refractivity contribution in [2.24, 2.45) is 0 Å². The van der Waals surface area contributed by atoms with E-state index in [1.807, 2.05) is 30.3 Å². The van der Waals surface area contributed by atoms with Crippen molar-refractivity contribution in [1.82, 2.24) is 0 Å². The topological polar surface area (TPSA) is 63.6 Å². The smallest absolute Gasteiger partial charge is 0.193 e. The SMILES string of the molecule is COc1cc(/C=C/C(=O)C(=C=O)Cc2ccccc2)ccc1O. The van der Waals surface area contributed by atoms with Crippen LogP contribution in [0.15, 0.2) is 60.2 Å². The van der Waals surface area contributed by atoms with Gasteiger partial charge in [-0.25, -0.2) is 4.79 Å². The Morgan fingerprint density at radius 1 is 1.22 bits per heavy atom. The minimum Gasteiger partial charge on any atom is -0.504 e. The third-order valence-electron chi connectivity index (χ3n) is 3.28. The van der Waals surface area contributed by atoms with Crippen LogP contribution in [0.3, 0.4) is 0 Å². The van der Waals surface area contributed by atoms with Gasteiger partial charge in [0.2, 0.25) is 0 Å². The van der Waals surface area contributed by atoms with Gasteiger partial charge in [-0.1, -0.05) is 42.5 Å². The van der Waals surface area contributed by atoms with Crippen LogP contribution in [0, 0.1) is 0 Å². The zero-order chi connectivity index (χ0) is 16.7. The number of phenolic OH excluding ortho intramolecular Hbond substituents is 1. The summed E-state index contributed by atoms with van der Waals surface area (Å²) in [7, 11) is 1.45. The molecule has 23 heavy (non-hydrogen) atoms. The molecule has 0 radical (unpaired) electrons. The van der Waals surface area contributed by atoms with Gasteiger partial charge in [-0.05, 0) is 29.3 Å². The van der Waals surface area contributed by atoms with E-state index in [-0.39, 0.29) is 17.7 Å². The normalized spacial score (nSPS) is 10.3. The van der Waals surface area contributed by atoms with E-state index in [2.05, 4.69) is 0 Å². The largest absolute Gasteiger partial charge is 0.504 e. The molecule has 0 saturated carbocycles. The summed E-state index contributed by atoms with van der Waals surface area (Å²) in [6.07, 6.45) is 3.12. The summed E-state index contributed by atoms with van der Waals surface area (Å²) < 4.78 is 5.00. The van der Waals surface area contributed by atoms with Gasteiger partial charge >= 0.3 is 0 Å². The zero-order valence-corrected chi connectivity index (χ0v) is 12.7. The molecule has 0 atom stereocenters. The standard InChI is InChI=1S/C19H16O4/c1-23-19-12-15(8-10-18(19)22)7-9-17(21)16(13-20)11-14-5-3-2-4-6-14/h2-10,12,22H,11H2,1H3/b9-7+. The van der Waals surface area contributed by atoms with Crippen molar-refractivity contribution in [3.63, 3.8) is 0 Å². The zero-order valence-electron chi connectivity index (χ0n) is 12.7. The Bertz CT molecular complexity index is 769. The van der Waals surface area contributed by atoms with E-state index >= 15 is 0 Å². The number of hydrogen-bond donors (Lipinski definition) is 1. The highest BCUT2D eigenvalue weighted by molar-refractivity contribution is 6.11. The van der Waals surface area contributed by atoms with Crippen molar-refractivity contribution in [3.8, 4) is 11.5 Å². The minimum absolute atomic E-state index is 0.0218. The molecule has 0 fully saturated rings. The van der Waals surface area contributed by atoms with Crippen molar-refractivity contribution in [3.05, 3.63) is 71.3 Å². The lowest BCUT2D eigenvalue weighted by molar-refractivity contribution is -0.111. The number of aromatic hydroxyl groups is 1. The second-order valence-electron chi connectivity index (χ2n) is 4.87. The number of carbonyl (C=O) groups is 1. The van der Waals surface area contributed by atoms with Gasteiger partial charge in [0.15, 0.2) is 17.3 Å². The quantitative estimate of drug-likeness (QED) is 0.658. The lowest BCUT2D eigenvalue weighted by Gasteiger charge is -2.03. The van der Waals surface area contributed by atoms with Gasteiger partial charge < -0.3 is 9.84 Å². The first kappa shape index (κ1) is 16.3. The molecule has 0 bridgehead atoms. The Hall–Kier alpha value is -3.10. The van der Waals surface area contributed by atoms with Crippen LogP contribution in [0.5, 0.6) is 11.5 Å². The average Bonchev–Trinajstić information content (AvgIpc) is 2.59. The highest BCUT2D eigenvalue weighted by Gasteiger charge is 2.09. The third kappa shape index (κ3) is 4.43. The lowest BCUT2D eigenvalue weighted by Crippen LogP contribution is -2.03. The van der Waals surface area contributed by atoms with Crippen LogP contribution in [-0.2, 0) is 16.0 Å². The summed E-state index contributed by atoms with van der Waals surface area (Å²) in [5.41, 5.74) is 1.62. The first-order chi connectivity index (χ1) is 11.1. The number of methoxy groups -OCH3 is 1. The molecule has 0 heterocycles. The second-order valence-corrected chi connectivity index (χ2v) is 4.87. The van der Waals surface area contributed by atoms with E-state index < -0.39 is 5.78 Å². The molecular formula is C19H16O4. The Balaban J connectivity index is 2.12. The molecule has 0 unspecified atom stereocenters. The molecule has 4 heteroatoms. The molecule has 0 aliphatic carbocycles. The Labute approximate surface area is 134 Å². The first-order valence-corrected chi connectivity index (χ1v) is 7.01. The monoisotopic (exact) mass is 308 g/mol. The summed E-state index contributed by atoms with van der Waals surface area (Å²) in [4.78, 5) is 23.1. The summed E-state index contributed by atoms with van der Waals surface area (Å²) in [5, 5.41) is 9.53. The van der Waals surface area contributed by atoms with Crippen molar-refractivity contribution >= 4 is 17.8 Å². The number of hydrogen-bond acceptors (Lipinski definition) is 4. The molecule has 2 aromatic carbocycles. The number of ketones is 1. The van der Waals surface area contributed by atoms with E-state index in [1.165, 1.54) is 19.3 Å². The predicted molar refractivity (Wildman–Crippen MR) is 88.1 cm³/mol. The Kier molecular flexibility index (Phi) is 5.50. The fourth-order valence-electron chi connectivity index (χ4n) is 2.04. The highest BCUT2D eigenvalue weighted by Crippen LogP contribution is 2.26. The predicted octanol–water partition coefficient (Wildman–Crippen LogP) is 2.98. The maximum absolute atomic E-state index is 12.1. The van der Waals surface area contributed by atoms with Gasteiger partial charge in [0.25, 0.3) is 0 Å². The molecule has 2 rings (SSSR count). The van der Waals surface area contributed by atoms with E-state index in [1.54, 1.807) is 24.2 Å². The molecule has 0 aromatic heterocycles. The molecule has 0 saturated heterocycles. The van der Waals surface area contributed by atoms with Crippen molar-refractivity contribution in [2.75, 3.05) is 7.11 Å². The summed E-state index contributed by atoms with van der Waals surface area (Å²) in [5.74, 6) is 1.66. The Morgan fingerprint density at radius 3 is 2.61 bits per heavy atom. The van der Waals surface area contributed by atoms with Gasteiger partial charge in [-0.3, -0.25) is 4.79 Å². The molecule has 1 N–H and O–H groups in total. The fourth-order valence-corrected chi connectivity index (χ4v) is 2.04. The first-order valence-electron chi connectivity index (χ1n) is 7.01. The van der Waals surface area contributed by atoms with E-state index in [0.717, 1.165) is 5.56 Å². The van der Waals surface area contributed by atoms with E-state index in [4.69, 9.17) is 4.74 Å². The van der Waals surface area contributed by atoms with Crippen LogP contribution < -0.4 is 4.74 Å². The number of benzene rings is 2. The number of rotatable bonds is 6. The summed E-state index contributed by atoms with van der Waals surface area (Å²) in [6, 6.07) is 14.0. The second kappa shape index (κ2) is 7.78. The van der Waals surface area contributed by atoms with Crippen molar-refractivity contribution < 1.29 is 19.4 Å². The van der Waals surface area contributed by atoms with Crippen LogP contribution in [0.2, 0.25) is 0 Å². The van der Waals surface area contributed by atoms with Gasteiger partial charge in [-0.15, -0.1) is 0 Å². The van der Waals surface area contributed by atoms with Crippen molar-refractivity contribution in [2.45, 2.75) is 6.42 Å². The van der Waals surface area contributed by atoms with Gasteiger partial charge in [0, 0.05) is 6.42 Å². The van der Waals surface area contributed by atoms with Crippen LogP contribution in [0.25, 0.3) is 6.08 Å². The van der Waals surface area contributed by atoms with Crippen molar-refractivity contribution in [1.29, 1.82) is 0 Å². The van der Waals surface area contributed by atoms with E-state index in [9.17, 15) is 14.7 Å². The maximum Gasteiger partial charge on any atom is 0.193 e.